The number of nitrogens with zero attached hydrogens (tertiary/aromatic N) is 1. The van der Waals surface area contributed by atoms with E-state index in [1.165, 1.54) is 6.07 Å². The lowest BCUT2D eigenvalue weighted by molar-refractivity contribution is 0.189. The van der Waals surface area contributed by atoms with Crippen LogP contribution in [0.15, 0.2) is 42.5 Å². The maximum Gasteiger partial charge on any atom is 0.322 e. The standard InChI is InChI=1S/C20H22F2N2O2/c1-26-16-9-6-14(7-10-16)19-5-3-2-4-12-24(19)20(25)23-18-11-8-15(21)13-17(18)22/h6-11,13,19H,2-5,12H2,1H3,(H,23,25)/t19-/m0/s1. The summed E-state index contributed by atoms with van der Waals surface area (Å²) in [7, 11) is 1.61. The van der Waals surface area contributed by atoms with Gasteiger partial charge in [-0.05, 0) is 42.7 Å². The van der Waals surface area contributed by atoms with E-state index in [1.54, 1.807) is 12.0 Å². The summed E-state index contributed by atoms with van der Waals surface area (Å²) < 4.78 is 32.1. The fourth-order valence-corrected chi connectivity index (χ4v) is 3.30. The summed E-state index contributed by atoms with van der Waals surface area (Å²) in [4.78, 5) is 14.5. The van der Waals surface area contributed by atoms with Crippen molar-refractivity contribution in [3.8, 4) is 5.75 Å². The lowest BCUT2D eigenvalue weighted by atomic mass is 10.0. The first-order chi connectivity index (χ1) is 12.6. The normalized spacial score (nSPS) is 17.5. The van der Waals surface area contributed by atoms with Crippen LogP contribution in [0.5, 0.6) is 5.75 Å². The Balaban J connectivity index is 1.82. The molecule has 138 valence electrons. The molecule has 1 fully saturated rings. The first-order valence-corrected chi connectivity index (χ1v) is 8.75. The van der Waals surface area contributed by atoms with Crippen molar-refractivity contribution in [1.29, 1.82) is 0 Å². The molecule has 1 aliphatic rings. The largest absolute Gasteiger partial charge is 0.497 e. The van der Waals surface area contributed by atoms with Gasteiger partial charge in [-0.1, -0.05) is 25.0 Å². The lowest BCUT2D eigenvalue weighted by Crippen LogP contribution is -2.38. The van der Waals surface area contributed by atoms with E-state index in [0.717, 1.165) is 49.1 Å². The van der Waals surface area contributed by atoms with Gasteiger partial charge < -0.3 is 15.0 Å². The summed E-state index contributed by atoms with van der Waals surface area (Å²) in [5.41, 5.74) is 0.997. The smallest absolute Gasteiger partial charge is 0.322 e. The van der Waals surface area contributed by atoms with Gasteiger partial charge in [0, 0.05) is 12.6 Å². The summed E-state index contributed by atoms with van der Waals surface area (Å²) in [6, 6.07) is 10.3. The van der Waals surface area contributed by atoms with E-state index in [2.05, 4.69) is 5.32 Å². The van der Waals surface area contributed by atoms with Gasteiger partial charge in [-0.25, -0.2) is 13.6 Å². The molecule has 0 bridgehead atoms. The van der Waals surface area contributed by atoms with Crippen LogP contribution in [0.1, 0.15) is 37.3 Å². The van der Waals surface area contributed by atoms with Crippen molar-refractivity contribution in [1.82, 2.24) is 4.90 Å². The first kappa shape index (κ1) is 18.2. The van der Waals surface area contributed by atoms with E-state index in [1.807, 2.05) is 24.3 Å². The highest BCUT2D eigenvalue weighted by molar-refractivity contribution is 5.89. The van der Waals surface area contributed by atoms with Crippen molar-refractivity contribution in [2.75, 3.05) is 19.0 Å². The van der Waals surface area contributed by atoms with Gasteiger partial charge in [-0.15, -0.1) is 0 Å². The third-order valence-electron chi connectivity index (χ3n) is 4.69. The Hall–Kier alpha value is -2.63. The molecule has 1 heterocycles. The van der Waals surface area contributed by atoms with E-state index in [-0.39, 0.29) is 17.8 Å². The number of benzene rings is 2. The molecule has 2 aromatic carbocycles. The Morgan fingerprint density at radius 1 is 1.12 bits per heavy atom. The quantitative estimate of drug-likeness (QED) is 0.825. The molecular weight excluding hydrogens is 338 g/mol. The minimum absolute atomic E-state index is 0.0193. The highest BCUT2D eigenvalue weighted by Gasteiger charge is 2.27. The van der Waals surface area contributed by atoms with Crippen LogP contribution in [0, 0.1) is 11.6 Å². The predicted octanol–water partition coefficient (Wildman–Crippen LogP) is 5.12. The summed E-state index contributed by atoms with van der Waals surface area (Å²) >= 11 is 0. The average Bonchev–Trinajstić information content (AvgIpc) is 2.90. The number of amides is 2. The SMILES string of the molecule is COc1ccc([C@@H]2CCCCCN2C(=O)Nc2ccc(F)cc2F)cc1. The van der Waals surface area contributed by atoms with Crippen LogP contribution in [-0.2, 0) is 0 Å². The zero-order valence-electron chi connectivity index (χ0n) is 14.7. The molecule has 0 spiro atoms. The van der Waals surface area contributed by atoms with Crippen molar-refractivity contribution in [2.24, 2.45) is 0 Å². The number of hydrogen-bond acceptors (Lipinski definition) is 2. The van der Waals surface area contributed by atoms with E-state index in [4.69, 9.17) is 4.74 Å². The summed E-state index contributed by atoms with van der Waals surface area (Å²) in [5.74, 6) is -0.702. The van der Waals surface area contributed by atoms with E-state index in [0.29, 0.717) is 6.54 Å². The Morgan fingerprint density at radius 2 is 1.88 bits per heavy atom. The zero-order chi connectivity index (χ0) is 18.5. The van der Waals surface area contributed by atoms with Gasteiger partial charge in [0.05, 0.1) is 18.8 Å². The maximum atomic E-state index is 13.9. The summed E-state index contributed by atoms with van der Waals surface area (Å²) in [6.07, 6.45) is 3.80. The van der Waals surface area contributed by atoms with Crippen molar-refractivity contribution in [3.05, 3.63) is 59.7 Å². The molecule has 0 aliphatic carbocycles. The highest BCUT2D eigenvalue weighted by Crippen LogP contribution is 2.32. The molecule has 0 saturated carbocycles. The molecule has 2 amide bonds. The Bertz CT molecular complexity index is 765. The van der Waals surface area contributed by atoms with Gasteiger partial charge >= 0.3 is 6.03 Å². The molecule has 0 aromatic heterocycles. The molecule has 2 aromatic rings. The van der Waals surface area contributed by atoms with Crippen LogP contribution in [0.25, 0.3) is 0 Å². The van der Waals surface area contributed by atoms with E-state index >= 15 is 0 Å². The van der Waals surface area contributed by atoms with E-state index < -0.39 is 11.6 Å². The lowest BCUT2D eigenvalue weighted by Gasteiger charge is -2.30. The molecular formula is C20H22F2N2O2. The molecule has 1 saturated heterocycles. The fourth-order valence-electron chi connectivity index (χ4n) is 3.30. The number of ether oxygens (including phenoxy) is 1. The van der Waals surface area contributed by atoms with Crippen LogP contribution in [0.2, 0.25) is 0 Å². The number of carbonyl (C=O) groups excluding carboxylic acids is 1. The third kappa shape index (κ3) is 4.12. The van der Waals surface area contributed by atoms with Gasteiger partial charge in [0.1, 0.15) is 17.4 Å². The first-order valence-electron chi connectivity index (χ1n) is 8.75. The number of methoxy groups -OCH3 is 1. The average molecular weight is 360 g/mol. The zero-order valence-corrected chi connectivity index (χ0v) is 14.7. The fraction of sp³-hybridized carbons (Fsp3) is 0.350. The number of urea groups is 1. The molecule has 1 aliphatic heterocycles. The van der Waals surface area contributed by atoms with Crippen molar-refractivity contribution in [3.63, 3.8) is 0 Å². The summed E-state index contributed by atoms with van der Waals surface area (Å²) in [6.45, 7) is 0.589. The molecule has 4 nitrogen and oxygen atoms in total. The van der Waals surface area contributed by atoms with Crippen molar-refractivity contribution in [2.45, 2.75) is 31.7 Å². The molecule has 6 heteroatoms. The number of rotatable bonds is 3. The Labute approximate surface area is 151 Å². The van der Waals surface area contributed by atoms with Crippen LogP contribution < -0.4 is 10.1 Å². The van der Waals surface area contributed by atoms with Gasteiger partial charge in [-0.2, -0.15) is 0 Å². The third-order valence-corrected chi connectivity index (χ3v) is 4.69. The minimum Gasteiger partial charge on any atom is -0.497 e. The van der Waals surface area contributed by atoms with Gasteiger partial charge in [-0.3, -0.25) is 0 Å². The van der Waals surface area contributed by atoms with Crippen LogP contribution in [0.3, 0.4) is 0 Å². The topological polar surface area (TPSA) is 41.6 Å². The maximum absolute atomic E-state index is 13.9. The molecule has 1 atom stereocenters. The molecule has 3 rings (SSSR count). The van der Waals surface area contributed by atoms with Crippen molar-refractivity contribution >= 4 is 11.7 Å². The monoisotopic (exact) mass is 360 g/mol. The number of anilines is 1. The molecule has 26 heavy (non-hydrogen) atoms. The number of carbonyl (C=O) groups is 1. The second kappa shape index (κ2) is 8.17. The molecule has 0 unspecified atom stereocenters. The predicted molar refractivity (Wildman–Crippen MR) is 96.3 cm³/mol. The van der Waals surface area contributed by atoms with Crippen LogP contribution in [0.4, 0.5) is 19.3 Å². The second-order valence-corrected chi connectivity index (χ2v) is 6.39. The van der Waals surface area contributed by atoms with Crippen LogP contribution in [-0.4, -0.2) is 24.6 Å². The molecule has 1 N–H and O–H groups in total. The van der Waals surface area contributed by atoms with Gasteiger partial charge in [0.15, 0.2) is 0 Å². The Kier molecular flexibility index (Phi) is 5.71. The Morgan fingerprint density at radius 3 is 2.58 bits per heavy atom. The van der Waals surface area contributed by atoms with Crippen LogP contribution >= 0.6 is 0 Å². The number of halogens is 2. The number of hydrogen-bond donors (Lipinski definition) is 1. The molecule has 0 radical (unpaired) electrons. The number of likely N-dealkylation sites (tertiary alicyclic amines) is 1. The highest BCUT2D eigenvalue weighted by atomic mass is 19.1. The second-order valence-electron chi connectivity index (χ2n) is 6.39. The number of nitrogens with one attached hydrogen (secondary N) is 1. The van der Waals surface area contributed by atoms with Gasteiger partial charge in [0.2, 0.25) is 0 Å². The van der Waals surface area contributed by atoms with E-state index in [9.17, 15) is 13.6 Å². The van der Waals surface area contributed by atoms with Crippen molar-refractivity contribution < 1.29 is 18.3 Å². The van der Waals surface area contributed by atoms with Gasteiger partial charge in [0.25, 0.3) is 0 Å². The summed E-state index contributed by atoms with van der Waals surface area (Å²) in [5, 5.41) is 2.58. The minimum atomic E-state index is -0.783.